The molecule has 1 rings (SSSR count). The van der Waals surface area contributed by atoms with Gasteiger partial charge in [-0.15, -0.1) is 0 Å². The second-order valence-electron chi connectivity index (χ2n) is 4.76. The molecular weight excluding hydrogens is 150 g/mol. The first-order valence-corrected chi connectivity index (χ1v) is 4.66. The van der Waals surface area contributed by atoms with Gasteiger partial charge in [0, 0.05) is 7.05 Å². The minimum atomic E-state index is -0.0816. The molecule has 70 valence electrons. The summed E-state index contributed by atoms with van der Waals surface area (Å²) < 4.78 is 0. The lowest BCUT2D eigenvalue weighted by Crippen LogP contribution is -2.52. The van der Waals surface area contributed by atoms with Crippen LogP contribution in [0.1, 0.15) is 40.0 Å². The second kappa shape index (κ2) is 2.75. The van der Waals surface area contributed by atoms with E-state index >= 15 is 0 Å². The van der Waals surface area contributed by atoms with E-state index in [0.717, 1.165) is 12.8 Å². The molecule has 0 unspecified atom stereocenters. The van der Waals surface area contributed by atoms with Crippen LogP contribution in [-0.2, 0) is 4.79 Å². The summed E-state index contributed by atoms with van der Waals surface area (Å²) in [5.41, 5.74) is 0.0209. The van der Waals surface area contributed by atoms with Crippen LogP contribution in [0.3, 0.4) is 0 Å². The Bertz CT molecular complexity index is 187. The Balaban J connectivity index is 2.83. The van der Waals surface area contributed by atoms with E-state index in [1.807, 2.05) is 0 Å². The number of nitrogens with one attached hydrogen (secondary N) is 1. The average molecular weight is 169 g/mol. The molecule has 0 spiro atoms. The molecule has 1 amide bonds. The molecule has 2 nitrogen and oxygen atoms in total. The number of hydrogen-bond donors (Lipinski definition) is 1. The summed E-state index contributed by atoms with van der Waals surface area (Å²) in [6.45, 7) is 6.46. The number of rotatable bonds is 1. The topological polar surface area (TPSA) is 29.1 Å². The summed E-state index contributed by atoms with van der Waals surface area (Å²) >= 11 is 0. The van der Waals surface area contributed by atoms with Gasteiger partial charge >= 0.3 is 0 Å². The predicted molar refractivity (Wildman–Crippen MR) is 49.8 cm³/mol. The van der Waals surface area contributed by atoms with E-state index in [9.17, 15) is 4.79 Å². The number of amides is 1. The van der Waals surface area contributed by atoms with Gasteiger partial charge in [0.15, 0.2) is 0 Å². The molecule has 0 aromatic carbocycles. The van der Waals surface area contributed by atoms with Gasteiger partial charge in [0.25, 0.3) is 0 Å². The minimum absolute atomic E-state index is 0.0816. The van der Waals surface area contributed by atoms with Crippen molar-refractivity contribution in [3.63, 3.8) is 0 Å². The quantitative estimate of drug-likeness (QED) is 0.638. The SMILES string of the molecule is CNC(=O)C1(C(C)(C)C)CCC1. The lowest BCUT2D eigenvalue weighted by atomic mass is 9.54. The first-order valence-electron chi connectivity index (χ1n) is 4.66. The van der Waals surface area contributed by atoms with E-state index in [1.54, 1.807) is 7.05 Å². The lowest BCUT2D eigenvalue weighted by molar-refractivity contribution is -0.145. The van der Waals surface area contributed by atoms with Crippen LogP contribution >= 0.6 is 0 Å². The molecule has 0 bridgehead atoms. The predicted octanol–water partition coefficient (Wildman–Crippen LogP) is 1.95. The molecule has 12 heavy (non-hydrogen) atoms. The highest BCUT2D eigenvalue weighted by molar-refractivity contribution is 5.84. The first-order chi connectivity index (χ1) is 5.44. The fourth-order valence-electron chi connectivity index (χ4n) is 2.09. The summed E-state index contributed by atoms with van der Waals surface area (Å²) in [6, 6.07) is 0. The van der Waals surface area contributed by atoms with E-state index in [1.165, 1.54) is 6.42 Å². The zero-order chi connectivity index (χ0) is 9.41. The van der Waals surface area contributed by atoms with Gasteiger partial charge in [-0.2, -0.15) is 0 Å². The summed E-state index contributed by atoms with van der Waals surface area (Å²) in [5, 5.41) is 2.78. The van der Waals surface area contributed by atoms with E-state index in [-0.39, 0.29) is 16.7 Å². The molecule has 1 fully saturated rings. The van der Waals surface area contributed by atoms with Crippen LogP contribution in [-0.4, -0.2) is 13.0 Å². The highest BCUT2D eigenvalue weighted by Crippen LogP contribution is 2.53. The van der Waals surface area contributed by atoms with Gasteiger partial charge in [0.1, 0.15) is 0 Å². The fraction of sp³-hybridized carbons (Fsp3) is 0.900. The highest BCUT2D eigenvalue weighted by Gasteiger charge is 2.51. The first kappa shape index (κ1) is 9.56. The molecule has 1 aliphatic rings. The van der Waals surface area contributed by atoms with Crippen molar-refractivity contribution in [3.05, 3.63) is 0 Å². The van der Waals surface area contributed by atoms with Crippen molar-refractivity contribution in [2.75, 3.05) is 7.05 Å². The normalized spacial score (nSPS) is 21.3. The van der Waals surface area contributed by atoms with E-state index in [2.05, 4.69) is 26.1 Å². The van der Waals surface area contributed by atoms with Gasteiger partial charge in [0.05, 0.1) is 5.41 Å². The zero-order valence-corrected chi connectivity index (χ0v) is 8.53. The van der Waals surface area contributed by atoms with Gasteiger partial charge in [-0.1, -0.05) is 27.2 Å². The minimum Gasteiger partial charge on any atom is -0.359 e. The van der Waals surface area contributed by atoms with Gasteiger partial charge in [-0.3, -0.25) is 4.79 Å². The molecule has 0 aromatic heterocycles. The van der Waals surface area contributed by atoms with Gasteiger partial charge in [0.2, 0.25) is 5.91 Å². The van der Waals surface area contributed by atoms with Crippen molar-refractivity contribution in [2.45, 2.75) is 40.0 Å². The molecular formula is C10H19NO. The largest absolute Gasteiger partial charge is 0.359 e. The van der Waals surface area contributed by atoms with Crippen molar-refractivity contribution in [1.29, 1.82) is 0 Å². The van der Waals surface area contributed by atoms with E-state index in [0.29, 0.717) is 0 Å². The number of hydrogen-bond acceptors (Lipinski definition) is 1. The maximum atomic E-state index is 11.7. The third-order valence-corrected chi connectivity index (χ3v) is 3.30. The molecule has 1 aliphatic carbocycles. The molecule has 0 radical (unpaired) electrons. The summed E-state index contributed by atoms with van der Waals surface area (Å²) in [4.78, 5) is 11.7. The van der Waals surface area contributed by atoms with E-state index in [4.69, 9.17) is 0 Å². The molecule has 1 N–H and O–H groups in total. The maximum Gasteiger partial charge on any atom is 0.226 e. The van der Waals surface area contributed by atoms with Crippen LogP contribution in [0.4, 0.5) is 0 Å². The van der Waals surface area contributed by atoms with Crippen LogP contribution < -0.4 is 5.32 Å². The average Bonchev–Trinajstić information content (AvgIpc) is 1.81. The number of carbonyl (C=O) groups is 1. The molecule has 0 aliphatic heterocycles. The highest BCUT2D eigenvalue weighted by atomic mass is 16.2. The molecule has 0 heterocycles. The Hall–Kier alpha value is -0.530. The smallest absolute Gasteiger partial charge is 0.226 e. The molecule has 1 saturated carbocycles. The lowest BCUT2D eigenvalue weighted by Gasteiger charge is -2.49. The van der Waals surface area contributed by atoms with Gasteiger partial charge in [-0.05, 0) is 18.3 Å². The molecule has 2 heteroatoms. The summed E-state index contributed by atoms with van der Waals surface area (Å²) in [6.07, 6.45) is 3.30. The van der Waals surface area contributed by atoms with Crippen molar-refractivity contribution in [3.8, 4) is 0 Å². The Labute approximate surface area is 74.7 Å². The van der Waals surface area contributed by atoms with Crippen LogP contribution in [0.25, 0.3) is 0 Å². The molecule has 0 saturated heterocycles. The van der Waals surface area contributed by atoms with Crippen molar-refractivity contribution >= 4 is 5.91 Å². The zero-order valence-electron chi connectivity index (χ0n) is 8.53. The van der Waals surface area contributed by atoms with Crippen LogP contribution in [0, 0.1) is 10.8 Å². The van der Waals surface area contributed by atoms with Crippen molar-refractivity contribution < 1.29 is 4.79 Å². The monoisotopic (exact) mass is 169 g/mol. The summed E-state index contributed by atoms with van der Waals surface area (Å²) in [7, 11) is 1.73. The third kappa shape index (κ3) is 1.13. The fourth-order valence-corrected chi connectivity index (χ4v) is 2.09. The van der Waals surface area contributed by atoms with Crippen molar-refractivity contribution in [1.82, 2.24) is 5.32 Å². The van der Waals surface area contributed by atoms with Crippen LogP contribution in [0.5, 0.6) is 0 Å². The van der Waals surface area contributed by atoms with E-state index < -0.39 is 0 Å². The Morgan fingerprint density at radius 1 is 1.33 bits per heavy atom. The third-order valence-electron chi connectivity index (χ3n) is 3.30. The Morgan fingerprint density at radius 3 is 1.92 bits per heavy atom. The Morgan fingerprint density at radius 2 is 1.83 bits per heavy atom. The summed E-state index contributed by atoms with van der Waals surface area (Å²) in [5.74, 6) is 0.223. The second-order valence-corrected chi connectivity index (χ2v) is 4.76. The van der Waals surface area contributed by atoms with Crippen LogP contribution in [0.2, 0.25) is 0 Å². The molecule has 0 aromatic rings. The standard InChI is InChI=1S/C10H19NO/c1-9(2,3)10(6-5-7-10)8(12)11-4/h5-7H2,1-4H3,(H,11,12). The number of carbonyl (C=O) groups excluding carboxylic acids is 1. The van der Waals surface area contributed by atoms with Gasteiger partial charge < -0.3 is 5.32 Å². The van der Waals surface area contributed by atoms with Crippen molar-refractivity contribution in [2.24, 2.45) is 10.8 Å². The molecule has 0 atom stereocenters. The Kier molecular flexibility index (Phi) is 2.19. The van der Waals surface area contributed by atoms with Gasteiger partial charge in [-0.25, -0.2) is 0 Å². The van der Waals surface area contributed by atoms with Crippen LogP contribution in [0.15, 0.2) is 0 Å². The maximum absolute atomic E-state index is 11.7.